The monoisotopic (exact) mass is 502 g/mol. The van der Waals surface area contributed by atoms with Crippen LogP contribution < -0.4 is 10.6 Å². The van der Waals surface area contributed by atoms with Crippen molar-refractivity contribution >= 4 is 11.8 Å². The summed E-state index contributed by atoms with van der Waals surface area (Å²) in [5.74, 6) is 0.247. The van der Waals surface area contributed by atoms with Crippen LogP contribution in [-0.2, 0) is 15.1 Å². The molecule has 4 nitrogen and oxygen atoms in total. The molecule has 4 aliphatic rings. The van der Waals surface area contributed by atoms with Gasteiger partial charge in [0.25, 0.3) is 0 Å². The Labute approximate surface area is 211 Å². The summed E-state index contributed by atoms with van der Waals surface area (Å²) >= 11 is 0. The van der Waals surface area contributed by atoms with E-state index in [1.54, 1.807) is 12.1 Å². The molecule has 2 saturated carbocycles. The van der Waals surface area contributed by atoms with E-state index in [0.29, 0.717) is 24.7 Å². The quantitative estimate of drug-likeness (QED) is 0.521. The first-order chi connectivity index (χ1) is 16.8. The van der Waals surface area contributed by atoms with E-state index in [1.165, 1.54) is 12.1 Å². The van der Waals surface area contributed by atoms with E-state index < -0.39 is 23.5 Å². The summed E-state index contributed by atoms with van der Waals surface area (Å²) in [5, 5.41) is 5.57. The number of halogens is 3. The van der Waals surface area contributed by atoms with Crippen molar-refractivity contribution in [1.82, 2.24) is 10.6 Å². The third-order valence-corrected chi connectivity index (χ3v) is 10.5. The second-order valence-corrected chi connectivity index (χ2v) is 12.3. The minimum absolute atomic E-state index is 0.0505. The van der Waals surface area contributed by atoms with Crippen molar-refractivity contribution in [3.05, 3.63) is 47.2 Å². The molecule has 0 aromatic heterocycles. The Balaban J connectivity index is 1.40. The predicted molar refractivity (Wildman–Crippen MR) is 131 cm³/mol. The van der Waals surface area contributed by atoms with Crippen molar-refractivity contribution in [1.29, 1.82) is 0 Å². The van der Waals surface area contributed by atoms with Crippen molar-refractivity contribution in [3.8, 4) is 0 Å². The van der Waals surface area contributed by atoms with Crippen LogP contribution in [0.2, 0.25) is 0 Å². The summed E-state index contributed by atoms with van der Waals surface area (Å²) in [6.45, 7) is 7.29. The number of aryl methyl sites for hydroxylation is 1. The summed E-state index contributed by atoms with van der Waals surface area (Å²) in [6.07, 6.45) is 2.98. The molecule has 1 aromatic rings. The number of carbonyl (C=O) groups excluding carboxylic acids is 2. The summed E-state index contributed by atoms with van der Waals surface area (Å²) in [5.41, 5.74) is -0.874. The van der Waals surface area contributed by atoms with Crippen LogP contribution >= 0.6 is 0 Å². The lowest BCUT2D eigenvalue weighted by Crippen LogP contribution is -2.58. The molecule has 5 rings (SSSR count). The zero-order valence-corrected chi connectivity index (χ0v) is 21.6. The van der Waals surface area contributed by atoms with Gasteiger partial charge in [0.2, 0.25) is 11.8 Å². The van der Waals surface area contributed by atoms with E-state index in [4.69, 9.17) is 0 Å². The molecule has 7 atom stereocenters. The summed E-state index contributed by atoms with van der Waals surface area (Å²) in [4.78, 5) is 25.6. The number of rotatable bonds is 3. The van der Waals surface area contributed by atoms with Crippen LogP contribution in [0.15, 0.2) is 36.0 Å². The number of piperidine rings is 1. The Hall–Kier alpha value is -2.31. The van der Waals surface area contributed by atoms with Gasteiger partial charge in [-0.25, -0.2) is 0 Å². The third kappa shape index (κ3) is 3.71. The highest BCUT2D eigenvalue weighted by molar-refractivity contribution is 5.81. The van der Waals surface area contributed by atoms with Gasteiger partial charge in [-0.05, 0) is 81.1 Å². The molecule has 3 aliphatic carbocycles. The molecule has 1 aromatic carbocycles. The molecule has 2 unspecified atom stereocenters. The number of hydrogen-bond acceptors (Lipinski definition) is 2. The van der Waals surface area contributed by atoms with E-state index in [1.807, 2.05) is 6.92 Å². The highest BCUT2D eigenvalue weighted by Crippen LogP contribution is 2.65. The third-order valence-electron chi connectivity index (χ3n) is 10.5. The van der Waals surface area contributed by atoms with Gasteiger partial charge < -0.3 is 10.6 Å². The highest BCUT2D eigenvalue weighted by Gasteiger charge is 2.61. The summed E-state index contributed by atoms with van der Waals surface area (Å²) < 4.78 is 43.1. The second-order valence-electron chi connectivity index (χ2n) is 12.3. The van der Waals surface area contributed by atoms with Gasteiger partial charge in [0.05, 0.1) is 0 Å². The Morgan fingerprint density at radius 1 is 1.06 bits per heavy atom. The van der Waals surface area contributed by atoms with E-state index in [9.17, 15) is 22.8 Å². The number of hydrogen-bond donors (Lipinski definition) is 2. The topological polar surface area (TPSA) is 58.2 Å². The number of alkyl halides is 3. The average Bonchev–Trinajstić information content (AvgIpc) is 3.16. The Morgan fingerprint density at radius 3 is 2.42 bits per heavy atom. The molecule has 2 N–H and O–H groups in total. The molecule has 36 heavy (non-hydrogen) atoms. The van der Waals surface area contributed by atoms with Gasteiger partial charge in [-0.2, -0.15) is 13.2 Å². The van der Waals surface area contributed by atoms with Crippen LogP contribution in [0.3, 0.4) is 0 Å². The SMILES string of the molecule is Cc1ccc(C(C)(NC(=O)C2CC[C@H]3[C@@H]4CC=C5NC(=O)CC[C@]5(C)[C@@H]4CC[C@]23C)C(F)(F)F)cc1. The summed E-state index contributed by atoms with van der Waals surface area (Å²) in [6, 6.07) is 6.23. The standard InChI is InChI=1S/C29H37F3N2O2/c1-17-5-7-18(8-6-17)28(4,29(30,31)32)34-25(36)22-11-10-20-19-9-12-23-27(3,16-14-24(35)33-23)21(19)13-15-26(20,22)2/h5-8,12,19-22H,9-11,13-16H2,1-4H3,(H,33,35)(H,34,36)/t19-,20-,21+,22?,26-,27+,28?/m0/s1. The molecule has 1 saturated heterocycles. The Bertz CT molecular complexity index is 1100. The van der Waals surface area contributed by atoms with Crippen LogP contribution in [0.1, 0.15) is 76.8 Å². The lowest BCUT2D eigenvalue weighted by atomic mass is 9.49. The predicted octanol–water partition coefficient (Wildman–Crippen LogP) is 6.15. The normalized spacial score (nSPS) is 37.5. The van der Waals surface area contributed by atoms with Gasteiger partial charge in [0.1, 0.15) is 0 Å². The van der Waals surface area contributed by atoms with Crippen molar-refractivity contribution in [2.75, 3.05) is 0 Å². The van der Waals surface area contributed by atoms with Crippen LogP contribution in [0.5, 0.6) is 0 Å². The van der Waals surface area contributed by atoms with Crippen LogP contribution in [0.4, 0.5) is 13.2 Å². The second kappa shape index (κ2) is 8.35. The fourth-order valence-corrected chi connectivity index (χ4v) is 8.15. The number of carbonyl (C=O) groups is 2. The van der Waals surface area contributed by atoms with Gasteiger partial charge in [-0.1, -0.05) is 49.8 Å². The van der Waals surface area contributed by atoms with Gasteiger partial charge in [0, 0.05) is 23.5 Å². The lowest BCUT2D eigenvalue weighted by Gasteiger charge is -2.57. The lowest BCUT2D eigenvalue weighted by molar-refractivity contribution is -0.199. The molecule has 1 aliphatic heterocycles. The first-order valence-electron chi connectivity index (χ1n) is 13.3. The van der Waals surface area contributed by atoms with E-state index in [-0.39, 0.29) is 28.2 Å². The Kier molecular flexibility index (Phi) is 5.88. The van der Waals surface area contributed by atoms with Crippen molar-refractivity contribution in [3.63, 3.8) is 0 Å². The van der Waals surface area contributed by atoms with Gasteiger partial charge >= 0.3 is 6.18 Å². The number of benzene rings is 1. The number of amides is 2. The van der Waals surface area contributed by atoms with Gasteiger partial charge in [0.15, 0.2) is 5.54 Å². The van der Waals surface area contributed by atoms with Crippen molar-refractivity contribution < 1.29 is 22.8 Å². The number of allylic oxidation sites excluding steroid dienone is 2. The molecule has 3 fully saturated rings. The smallest absolute Gasteiger partial charge is 0.338 e. The molecule has 0 spiro atoms. The number of fused-ring (bicyclic) bond motifs is 5. The molecular formula is C29H37F3N2O2. The average molecular weight is 503 g/mol. The molecular weight excluding hydrogens is 465 g/mol. The maximum atomic E-state index is 14.4. The number of nitrogens with one attached hydrogen (secondary N) is 2. The zero-order chi connectivity index (χ0) is 26.1. The Morgan fingerprint density at radius 2 is 1.75 bits per heavy atom. The van der Waals surface area contributed by atoms with Gasteiger partial charge in [-0.3, -0.25) is 9.59 Å². The van der Waals surface area contributed by atoms with Gasteiger partial charge in [-0.15, -0.1) is 0 Å². The highest BCUT2D eigenvalue weighted by atomic mass is 19.4. The van der Waals surface area contributed by atoms with E-state index in [2.05, 4.69) is 30.6 Å². The van der Waals surface area contributed by atoms with E-state index >= 15 is 0 Å². The maximum absolute atomic E-state index is 14.4. The molecule has 0 bridgehead atoms. The molecule has 1 heterocycles. The minimum atomic E-state index is -4.63. The fraction of sp³-hybridized carbons (Fsp3) is 0.655. The fourth-order valence-electron chi connectivity index (χ4n) is 8.15. The largest absolute Gasteiger partial charge is 0.415 e. The van der Waals surface area contributed by atoms with Crippen LogP contribution in [-0.4, -0.2) is 18.0 Å². The maximum Gasteiger partial charge on any atom is 0.415 e. The van der Waals surface area contributed by atoms with E-state index in [0.717, 1.165) is 50.3 Å². The van der Waals surface area contributed by atoms with Crippen molar-refractivity contribution in [2.24, 2.45) is 34.5 Å². The minimum Gasteiger partial charge on any atom is -0.338 e. The van der Waals surface area contributed by atoms with Crippen LogP contribution in [0.25, 0.3) is 0 Å². The molecule has 7 heteroatoms. The first-order valence-corrected chi connectivity index (χ1v) is 13.3. The van der Waals surface area contributed by atoms with Crippen LogP contribution in [0, 0.1) is 41.4 Å². The summed E-state index contributed by atoms with van der Waals surface area (Å²) in [7, 11) is 0. The zero-order valence-electron chi connectivity index (χ0n) is 21.6. The molecule has 196 valence electrons. The first kappa shape index (κ1) is 25.3. The molecule has 0 radical (unpaired) electrons. The molecule has 2 amide bonds. The van der Waals surface area contributed by atoms with Crippen molar-refractivity contribution in [2.45, 2.75) is 84.4 Å².